The van der Waals surface area contributed by atoms with Crippen LogP contribution in [0.1, 0.15) is 32.1 Å². The van der Waals surface area contributed by atoms with Crippen molar-refractivity contribution >= 4 is 23.6 Å². The van der Waals surface area contributed by atoms with Crippen molar-refractivity contribution in [3.8, 4) is 0 Å². The minimum atomic E-state index is -1.28. The van der Waals surface area contributed by atoms with Gasteiger partial charge < -0.3 is 20.0 Å². The van der Waals surface area contributed by atoms with E-state index in [1.54, 1.807) is 5.48 Å². The number of hydrogen-bond donors (Lipinski definition) is 4. The number of para-hydroxylation sites is 1. The first-order chi connectivity index (χ1) is 16.4. The third-order valence-corrected chi connectivity index (χ3v) is 8.15. The maximum atomic E-state index is 13.2. The zero-order valence-electron chi connectivity index (χ0n) is 19.3. The van der Waals surface area contributed by atoms with Crippen LogP contribution in [0.4, 0.5) is 10.5 Å². The van der Waals surface area contributed by atoms with E-state index in [-0.39, 0.29) is 30.7 Å². The lowest BCUT2D eigenvalue weighted by Gasteiger charge is -2.47. The van der Waals surface area contributed by atoms with Crippen molar-refractivity contribution in [1.29, 1.82) is 0 Å². The van der Waals surface area contributed by atoms with E-state index >= 15 is 0 Å². The summed E-state index contributed by atoms with van der Waals surface area (Å²) in [5.74, 6) is -1.78. The largest absolute Gasteiger partial charge is 0.465 e. The number of aliphatic hydroxyl groups excluding tert-OH is 1. The Morgan fingerprint density at radius 1 is 0.941 bits per heavy atom. The molecule has 2 aliphatic heterocycles. The number of nitrogens with zero attached hydrogens (tertiary/aromatic N) is 3. The molecule has 0 bridgehead atoms. The van der Waals surface area contributed by atoms with Gasteiger partial charge in [0.1, 0.15) is 0 Å². The fourth-order valence-electron chi connectivity index (χ4n) is 6.37. The summed E-state index contributed by atoms with van der Waals surface area (Å²) < 4.78 is 0. The molecule has 3 amide bonds. The molecule has 4 N–H and O–H groups in total. The minimum absolute atomic E-state index is 0.124. The second-order valence-corrected chi connectivity index (χ2v) is 9.60. The molecular formula is C24H34N4O6. The van der Waals surface area contributed by atoms with Crippen LogP contribution >= 0.6 is 0 Å². The molecule has 1 aromatic rings. The Morgan fingerprint density at radius 3 is 2.15 bits per heavy atom. The summed E-state index contributed by atoms with van der Waals surface area (Å²) in [6, 6.07) is 10.2. The molecular weight excluding hydrogens is 440 g/mol. The van der Waals surface area contributed by atoms with E-state index < -0.39 is 30.1 Å². The number of hydrogen-bond acceptors (Lipinski definition) is 6. The van der Waals surface area contributed by atoms with Crippen LogP contribution in [0.3, 0.4) is 0 Å². The van der Waals surface area contributed by atoms with Crippen LogP contribution in [0.2, 0.25) is 0 Å². The monoisotopic (exact) mass is 474 g/mol. The van der Waals surface area contributed by atoms with E-state index in [4.69, 9.17) is 0 Å². The highest BCUT2D eigenvalue weighted by molar-refractivity contribution is 5.82. The SMILES string of the molecule is O=C(NO)[C@H]1CCN(C(=O)O)[C@]1(CO)C1CCC(C(=O)N2CCN(c3ccccc3)CC2)CC1. The summed E-state index contributed by atoms with van der Waals surface area (Å²) in [7, 11) is 0. The molecule has 4 rings (SSSR count). The molecule has 1 aromatic carbocycles. The number of amides is 3. The summed E-state index contributed by atoms with van der Waals surface area (Å²) in [6.07, 6.45) is 1.32. The smallest absolute Gasteiger partial charge is 0.407 e. The van der Waals surface area contributed by atoms with Crippen LogP contribution < -0.4 is 10.4 Å². The Labute approximate surface area is 199 Å². The van der Waals surface area contributed by atoms with E-state index in [1.165, 1.54) is 4.90 Å². The maximum absolute atomic E-state index is 13.2. The third-order valence-electron chi connectivity index (χ3n) is 8.15. The van der Waals surface area contributed by atoms with Crippen LogP contribution in [0.5, 0.6) is 0 Å². The molecule has 1 aliphatic carbocycles. The van der Waals surface area contributed by atoms with Crippen LogP contribution in [-0.2, 0) is 9.59 Å². The Kier molecular flexibility index (Phi) is 7.27. The van der Waals surface area contributed by atoms with Gasteiger partial charge in [0.15, 0.2) is 0 Å². The van der Waals surface area contributed by atoms with E-state index in [0.717, 1.165) is 18.8 Å². The van der Waals surface area contributed by atoms with Crippen LogP contribution in [0.15, 0.2) is 30.3 Å². The average Bonchev–Trinajstić information content (AvgIpc) is 3.29. The van der Waals surface area contributed by atoms with E-state index in [1.807, 2.05) is 23.1 Å². The predicted molar refractivity (Wildman–Crippen MR) is 123 cm³/mol. The van der Waals surface area contributed by atoms with Crippen molar-refractivity contribution in [1.82, 2.24) is 15.3 Å². The Hall–Kier alpha value is -2.85. The zero-order chi connectivity index (χ0) is 24.3. The molecule has 0 radical (unpaired) electrons. The highest BCUT2D eigenvalue weighted by atomic mass is 16.5. The fourth-order valence-corrected chi connectivity index (χ4v) is 6.37. The Morgan fingerprint density at radius 2 is 1.59 bits per heavy atom. The Bertz CT molecular complexity index is 883. The standard InChI is InChI=1S/C24H34N4O6/c29-16-24(20(21(30)25-34)10-11-28(24)23(32)33)18-8-6-17(7-9-18)22(31)27-14-12-26(13-15-27)19-4-2-1-3-5-19/h1-5,17-18,20,29,34H,6-16H2,(H,25,30)(H,32,33)/t17?,18?,20-,24-/m1/s1. The molecule has 10 heteroatoms. The van der Waals surface area contributed by atoms with Crippen molar-refractivity contribution < 1.29 is 29.8 Å². The first-order valence-electron chi connectivity index (χ1n) is 12.1. The highest BCUT2D eigenvalue weighted by Crippen LogP contribution is 2.47. The fraction of sp³-hybridized carbons (Fsp3) is 0.625. The van der Waals surface area contributed by atoms with Gasteiger partial charge in [0.2, 0.25) is 11.8 Å². The lowest BCUT2D eigenvalue weighted by atomic mass is 9.66. The predicted octanol–water partition coefficient (Wildman–Crippen LogP) is 1.38. The number of piperazine rings is 1. The number of anilines is 1. The number of nitrogens with one attached hydrogen (secondary N) is 1. The lowest BCUT2D eigenvalue weighted by Crippen LogP contribution is -2.61. The topological polar surface area (TPSA) is 134 Å². The molecule has 3 aliphatic rings. The maximum Gasteiger partial charge on any atom is 0.407 e. The van der Waals surface area contributed by atoms with Gasteiger partial charge in [-0.1, -0.05) is 18.2 Å². The molecule has 186 valence electrons. The number of carbonyl (C=O) groups excluding carboxylic acids is 2. The Balaban J connectivity index is 1.38. The minimum Gasteiger partial charge on any atom is -0.465 e. The van der Waals surface area contributed by atoms with Crippen LogP contribution in [0, 0.1) is 17.8 Å². The van der Waals surface area contributed by atoms with Gasteiger partial charge in [0.25, 0.3) is 0 Å². The van der Waals surface area contributed by atoms with Crippen LogP contribution in [-0.4, -0.2) is 88.0 Å². The summed E-state index contributed by atoms with van der Waals surface area (Å²) in [5, 5.41) is 29.3. The third kappa shape index (κ3) is 4.32. The second-order valence-electron chi connectivity index (χ2n) is 9.60. The van der Waals surface area contributed by atoms with Crippen molar-refractivity contribution in [2.24, 2.45) is 17.8 Å². The first kappa shape index (κ1) is 24.3. The van der Waals surface area contributed by atoms with Gasteiger partial charge in [-0.15, -0.1) is 0 Å². The molecule has 0 aromatic heterocycles. The van der Waals surface area contributed by atoms with E-state index in [9.17, 15) is 29.8 Å². The number of hydroxylamine groups is 1. The van der Waals surface area contributed by atoms with Gasteiger partial charge in [0, 0.05) is 44.3 Å². The normalized spacial score (nSPS) is 29.7. The summed E-state index contributed by atoms with van der Waals surface area (Å²) in [4.78, 5) is 42.9. The van der Waals surface area contributed by atoms with Crippen LogP contribution in [0.25, 0.3) is 0 Å². The van der Waals surface area contributed by atoms with E-state index in [0.29, 0.717) is 38.8 Å². The van der Waals surface area contributed by atoms with Gasteiger partial charge >= 0.3 is 6.09 Å². The highest BCUT2D eigenvalue weighted by Gasteiger charge is 2.58. The van der Waals surface area contributed by atoms with Gasteiger partial charge in [0.05, 0.1) is 18.1 Å². The lowest BCUT2D eigenvalue weighted by molar-refractivity contribution is -0.142. The molecule has 10 nitrogen and oxygen atoms in total. The summed E-state index contributed by atoms with van der Waals surface area (Å²) >= 11 is 0. The molecule has 34 heavy (non-hydrogen) atoms. The number of rotatable bonds is 5. The van der Waals surface area contributed by atoms with Crippen molar-refractivity contribution in [3.63, 3.8) is 0 Å². The number of likely N-dealkylation sites (tertiary alicyclic amines) is 1. The molecule has 0 unspecified atom stereocenters. The molecule has 2 saturated heterocycles. The van der Waals surface area contributed by atoms with Crippen molar-refractivity contribution in [3.05, 3.63) is 30.3 Å². The molecule has 2 atom stereocenters. The number of carbonyl (C=O) groups is 3. The summed E-state index contributed by atoms with van der Waals surface area (Å²) in [5.41, 5.74) is 1.52. The van der Waals surface area contributed by atoms with Gasteiger partial charge in [-0.2, -0.15) is 0 Å². The van der Waals surface area contributed by atoms with E-state index in [2.05, 4.69) is 17.0 Å². The molecule has 1 saturated carbocycles. The van der Waals surface area contributed by atoms with Gasteiger partial charge in [-0.25, -0.2) is 10.3 Å². The average molecular weight is 475 g/mol. The van der Waals surface area contributed by atoms with Gasteiger partial charge in [-0.05, 0) is 50.2 Å². The molecule has 3 fully saturated rings. The number of benzene rings is 1. The number of carboxylic acid groups (broad SMARTS) is 1. The molecule has 2 heterocycles. The number of aliphatic hydroxyl groups is 1. The second kappa shape index (κ2) is 10.2. The zero-order valence-corrected chi connectivity index (χ0v) is 19.3. The summed E-state index contributed by atoms with van der Waals surface area (Å²) in [6.45, 7) is 2.52. The quantitative estimate of drug-likeness (QED) is 0.374. The van der Waals surface area contributed by atoms with Crippen molar-refractivity contribution in [2.45, 2.75) is 37.6 Å². The van der Waals surface area contributed by atoms with Crippen molar-refractivity contribution in [2.75, 3.05) is 44.2 Å². The molecule has 0 spiro atoms. The van der Waals surface area contributed by atoms with Gasteiger partial charge in [-0.3, -0.25) is 19.7 Å². The first-order valence-corrected chi connectivity index (χ1v) is 12.1.